The minimum atomic E-state index is -0.390. The lowest BCUT2D eigenvalue weighted by Gasteiger charge is -2.15. The maximum Gasteiger partial charge on any atom is 0.253 e. The number of benzene rings is 1. The van der Waals surface area contributed by atoms with E-state index in [1.54, 1.807) is 7.11 Å². The van der Waals surface area contributed by atoms with Crippen LogP contribution < -0.4 is 11.1 Å². The predicted molar refractivity (Wildman–Crippen MR) is 77.6 cm³/mol. The molecule has 2 atom stereocenters. The Morgan fingerprint density at radius 2 is 2.25 bits per heavy atom. The third-order valence-electron chi connectivity index (χ3n) is 3.51. The average molecular weight is 278 g/mol. The number of para-hydroxylation sites is 1. The van der Waals surface area contributed by atoms with Gasteiger partial charge in [-0.05, 0) is 30.9 Å². The second-order valence-corrected chi connectivity index (χ2v) is 4.95. The van der Waals surface area contributed by atoms with Crippen molar-refractivity contribution < 1.29 is 14.3 Å². The lowest BCUT2D eigenvalue weighted by atomic mass is 10.1. The van der Waals surface area contributed by atoms with Crippen molar-refractivity contribution in [2.24, 2.45) is 5.73 Å². The van der Waals surface area contributed by atoms with E-state index in [9.17, 15) is 4.79 Å². The van der Waals surface area contributed by atoms with Crippen LogP contribution in [0.5, 0.6) is 0 Å². The van der Waals surface area contributed by atoms with Gasteiger partial charge in [-0.25, -0.2) is 0 Å². The van der Waals surface area contributed by atoms with Crippen molar-refractivity contribution in [2.75, 3.05) is 25.6 Å². The van der Waals surface area contributed by atoms with E-state index in [0.29, 0.717) is 13.2 Å². The summed E-state index contributed by atoms with van der Waals surface area (Å²) in [6, 6.07) is 7.76. The number of ether oxygens (including phenoxy) is 2. The first-order valence-corrected chi connectivity index (χ1v) is 6.98. The van der Waals surface area contributed by atoms with Crippen molar-refractivity contribution in [1.29, 1.82) is 0 Å². The molecule has 0 aliphatic carbocycles. The molecule has 0 bridgehead atoms. The highest BCUT2D eigenvalue weighted by Crippen LogP contribution is 2.22. The topological polar surface area (TPSA) is 73.6 Å². The number of carbonyl (C=O) groups excluding carboxylic acids is 1. The van der Waals surface area contributed by atoms with Gasteiger partial charge in [-0.2, -0.15) is 0 Å². The standard InChI is InChI=1S/C15H22N2O3/c1-19-9-8-11-4-2-3-5-13(11)17-15(18)14-7-6-12(10-16)20-14/h2-5,12,14H,6-10,16H2,1H3,(H,17,18). The summed E-state index contributed by atoms with van der Waals surface area (Å²) in [5, 5.41) is 2.95. The van der Waals surface area contributed by atoms with E-state index >= 15 is 0 Å². The zero-order chi connectivity index (χ0) is 14.4. The number of methoxy groups -OCH3 is 1. The normalized spacial score (nSPS) is 21.9. The molecule has 0 aromatic heterocycles. The van der Waals surface area contributed by atoms with Gasteiger partial charge in [-0.15, -0.1) is 0 Å². The smallest absolute Gasteiger partial charge is 0.253 e. The van der Waals surface area contributed by atoms with Gasteiger partial charge in [0.05, 0.1) is 12.7 Å². The van der Waals surface area contributed by atoms with Gasteiger partial charge in [0, 0.05) is 19.3 Å². The molecule has 1 aliphatic rings. The van der Waals surface area contributed by atoms with Crippen LogP contribution in [0.1, 0.15) is 18.4 Å². The average Bonchev–Trinajstić information content (AvgIpc) is 2.95. The van der Waals surface area contributed by atoms with Crippen LogP contribution in [0.25, 0.3) is 0 Å². The van der Waals surface area contributed by atoms with Crippen LogP contribution in [-0.4, -0.2) is 38.4 Å². The summed E-state index contributed by atoms with van der Waals surface area (Å²) in [7, 11) is 1.67. The first-order chi connectivity index (χ1) is 9.74. The van der Waals surface area contributed by atoms with E-state index in [1.165, 1.54) is 0 Å². The molecule has 0 spiro atoms. The molecule has 1 aliphatic heterocycles. The summed E-state index contributed by atoms with van der Waals surface area (Å²) in [4.78, 5) is 12.2. The zero-order valence-corrected chi connectivity index (χ0v) is 11.8. The highest BCUT2D eigenvalue weighted by atomic mass is 16.5. The van der Waals surface area contributed by atoms with Gasteiger partial charge in [0.1, 0.15) is 6.10 Å². The van der Waals surface area contributed by atoms with Gasteiger partial charge >= 0.3 is 0 Å². The molecule has 3 N–H and O–H groups in total. The fourth-order valence-corrected chi connectivity index (χ4v) is 2.36. The van der Waals surface area contributed by atoms with E-state index in [2.05, 4.69) is 5.32 Å². The van der Waals surface area contributed by atoms with Gasteiger partial charge in [0.15, 0.2) is 0 Å². The first kappa shape index (κ1) is 15.0. The Hall–Kier alpha value is -1.43. The minimum absolute atomic E-state index is 0.00878. The van der Waals surface area contributed by atoms with Crippen LogP contribution in [0, 0.1) is 0 Å². The molecule has 1 amide bonds. The van der Waals surface area contributed by atoms with Gasteiger partial charge < -0.3 is 20.5 Å². The Morgan fingerprint density at radius 1 is 1.45 bits per heavy atom. The lowest BCUT2D eigenvalue weighted by molar-refractivity contribution is -0.126. The third kappa shape index (κ3) is 3.79. The third-order valence-corrected chi connectivity index (χ3v) is 3.51. The summed E-state index contributed by atoms with van der Waals surface area (Å²) in [6.45, 7) is 1.09. The summed E-state index contributed by atoms with van der Waals surface area (Å²) >= 11 is 0. The quantitative estimate of drug-likeness (QED) is 0.823. The second-order valence-electron chi connectivity index (χ2n) is 4.95. The molecule has 2 rings (SSSR count). The maximum atomic E-state index is 12.2. The van der Waals surface area contributed by atoms with Crippen molar-refractivity contribution >= 4 is 11.6 Å². The maximum absolute atomic E-state index is 12.2. The predicted octanol–water partition coefficient (Wildman–Crippen LogP) is 1.32. The molecule has 20 heavy (non-hydrogen) atoms. The SMILES string of the molecule is COCCc1ccccc1NC(=O)C1CCC(CN)O1. The van der Waals surface area contributed by atoms with Crippen molar-refractivity contribution in [2.45, 2.75) is 31.5 Å². The Kier molecular flexibility index (Phi) is 5.52. The highest BCUT2D eigenvalue weighted by Gasteiger charge is 2.30. The number of amides is 1. The molecular formula is C15H22N2O3. The largest absolute Gasteiger partial charge is 0.384 e. The van der Waals surface area contributed by atoms with Crippen molar-refractivity contribution in [3.05, 3.63) is 29.8 Å². The summed E-state index contributed by atoms with van der Waals surface area (Å²) in [6.07, 6.45) is 1.96. The monoisotopic (exact) mass is 278 g/mol. The molecular weight excluding hydrogens is 256 g/mol. The van der Waals surface area contributed by atoms with Crippen LogP contribution in [-0.2, 0) is 20.7 Å². The number of hydrogen-bond donors (Lipinski definition) is 2. The van der Waals surface area contributed by atoms with Crippen LogP contribution in [0.2, 0.25) is 0 Å². The van der Waals surface area contributed by atoms with Crippen molar-refractivity contribution in [3.63, 3.8) is 0 Å². The fraction of sp³-hybridized carbons (Fsp3) is 0.533. The summed E-state index contributed by atoms with van der Waals surface area (Å²) in [5.74, 6) is -0.0918. The van der Waals surface area contributed by atoms with Crippen LogP contribution in [0.4, 0.5) is 5.69 Å². The number of rotatable bonds is 6. The Bertz CT molecular complexity index is 450. The molecule has 1 heterocycles. The van der Waals surface area contributed by atoms with E-state index in [-0.39, 0.29) is 18.1 Å². The van der Waals surface area contributed by atoms with Crippen LogP contribution in [0.15, 0.2) is 24.3 Å². The Morgan fingerprint density at radius 3 is 2.95 bits per heavy atom. The zero-order valence-electron chi connectivity index (χ0n) is 11.8. The molecule has 5 heteroatoms. The van der Waals surface area contributed by atoms with E-state index in [0.717, 1.165) is 30.5 Å². The van der Waals surface area contributed by atoms with Gasteiger partial charge in [0.25, 0.3) is 5.91 Å². The molecule has 0 saturated carbocycles. The molecule has 0 radical (unpaired) electrons. The molecule has 1 saturated heterocycles. The molecule has 5 nitrogen and oxygen atoms in total. The first-order valence-electron chi connectivity index (χ1n) is 6.98. The summed E-state index contributed by atoms with van der Waals surface area (Å²) in [5.41, 5.74) is 7.45. The highest BCUT2D eigenvalue weighted by molar-refractivity contribution is 5.95. The van der Waals surface area contributed by atoms with Crippen LogP contribution in [0.3, 0.4) is 0 Å². The van der Waals surface area contributed by atoms with Gasteiger partial charge in [-0.1, -0.05) is 18.2 Å². The van der Waals surface area contributed by atoms with Gasteiger partial charge in [-0.3, -0.25) is 4.79 Å². The van der Waals surface area contributed by atoms with E-state index in [4.69, 9.17) is 15.2 Å². The number of carbonyl (C=O) groups is 1. The van der Waals surface area contributed by atoms with Crippen molar-refractivity contribution in [1.82, 2.24) is 0 Å². The van der Waals surface area contributed by atoms with E-state index in [1.807, 2.05) is 24.3 Å². The second kappa shape index (κ2) is 7.38. The molecule has 110 valence electrons. The van der Waals surface area contributed by atoms with E-state index < -0.39 is 0 Å². The van der Waals surface area contributed by atoms with Gasteiger partial charge in [0.2, 0.25) is 0 Å². The summed E-state index contributed by atoms with van der Waals surface area (Å²) < 4.78 is 10.7. The lowest BCUT2D eigenvalue weighted by Crippen LogP contribution is -2.30. The fourth-order valence-electron chi connectivity index (χ4n) is 2.36. The number of nitrogens with one attached hydrogen (secondary N) is 1. The molecule has 1 fully saturated rings. The molecule has 1 aromatic rings. The number of anilines is 1. The Balaban J connectivity index is 1.97. The minimum Gasteiger partial charge on any atom is -0.384 e. The number of nitrogens with two attached hydrogens (primary N) is 1. The van der Waals surface area contributed by atoms with Crippen molar-refractivity contribution in [3.8, 4) is 0 Å². The number of hydrogen-bond acceptors (Lipinski definition) is 4. The van der Waals surface area contributed by atoms with Crippen LogP contribution >= 0.6 is 0 Å². The molecule has 1 aromatic carbocycles. The Labute approximate surface area is 119 Å². The molecule has 2 unspecified atom stereocenters.